The van der Waals surface area contributed by atoms with Crippen molar-refractivity contribution in [3.05, 3.63) is 63.6 Å². The van der Waals surface area contributed by atoms with E-state index in [-0.39, 0.29) is 25.4 Å². The van der Waals surface area contributed by atoms with Gasteiger partial charge in [0.1, 0.15) is 18.4 Å². The van der Waals surface area contributed by atoms with Crippen molar-refractivity contribution in [2.75, 3.05) is 7.11 Å². The fourth-order valence-electron chi connectivity index (χ4n) is 3.85. The molecule has 2 aromatic rings. The van der Waals surface area contributed by atoms with Crippen LogP contribution < -0.4 is 10.1 Å². The summed E-state index contributed by atoms with van der Waals surface area (Å²) in [4.78, 5) is 36.0. The van der Waals surface area contributed by atoms with Crippen molar-refractivity contribution in [3.8, 4) is 5.75 Å². The summed E-state index contributed by atoms with van der Waals surface area (Å²) < 4.78 is 10.6. The molecule has 3 atom stereocenters. The highest BCUT2D eigenvalue weighted by Crippen LogP contribution is 2.31. The Bertz CT molecular complexity index is 990. The van der Waals surface area contributed by atoms with Crippen LogP contribution in [-0.2, 0) is 32.1 Å². The number of carboxylic acids is 1. The fourth-order valence-corrected chi connectivity index (χ4v) is 4.36. The van der Waals surface area contributed by atoms with Gasteiger partial charge in [0, 0.05) is 27.9 Å². The Morgan fingerprint density at radius 3 is 2.27 bits per heavy atom. The van der Waals surface area contributed by atoms with Crippen LogP contribution in [0.25, 0.3) is 0 Å². The molecule has 0 radical (unpaired) electrons. The second-order valence-corrected chi connectivity index (χ2v) is 8.78. The van der Waals surface area contributed by atoms with Gasteiger partial charge in [-0.2, -0.15) is 0 Å². The Kier molecular flexibility index (Phi) is 8.58. The highest BCUT2D eigenvalue weighted by atomic mass is 35.5. The van der Waals surface area contributed by atoms with E-state index in [0.717, 1.165) is 5.56 Å². The van der Waals surface area contributed by atoms with Crippen molar-refractivity contribution >= 4 is 41.0 Å². The number of halogens is 2. The summed E-state index contributed by atoms with van der Waals surface area (Å²) in [5, 5.41) is 12.9. The number of carbonyl (C=O) groups is 3. The molecular weight excluding hydrogens is 469 g/mol. The summed E-state index contributed by atoms with van der Waals surface area (Å²) >= 11 is 12.3. The second-order valence-electron chi connectivity index (χ2n) is 7.97. The van der Waals surface area contributed by atoms with Gasteiger partial charge >= 0.3 is 11.9 Å². The second kappa shape index (κ2) is 11.4. The van der Waals surface area contributed by atoms with Crippen LogP contribution in [0.5, 0.6) is 5.75 Å². The van der Waals surface area contributed by atoms with E-state index in [9.17, 15) is 14.4 Å². The molecule has 0 aromatic heterocycles. The SMILES string of the molecule is COC(=O)C(Cc1ccc(OCc2c(Cl)cccc2Cl)cc1)NC(=O)C1CCC(C(=O)O)C1. The number of hydrogen-bond donors (Lipinski definition) is 2. The van der Waals surface area contributed by atoms with E-state index in [2.05, 4.69) is 5.32 Å². The highest BCUT2D eigenvalue weighted by molar-refractivity contribution is 6.35. The van der Waals surface area contributed by atoms with Crippen molar-refractivity contribution in [2.45, 2.75) is 38.3 Å². The molecule has 2 aromatic carbocycles. The van der Waals surface area contributed by atoms with Crippen molar-refractivity contribution < 1.29 is 29.0 Å². The van der Waals surface area contributed by atoms with Gasteiger partial charge in [-0.25, -0.2) is 4.79 Å². The zero-order valence-electron chi connectivity index (χ0n) is 18.1. The summed E-state index contributed by atoms with van der Waals surface area (Å²) in [5.41, 5.74) is 1.49. The third-order valence-electron chi connectivity index (χ3n) is 5.76. The Morgan fingerprint density at radius 2 is 1.70 bits per heavy atom. The molecule has 0 saturated heterocycles. The van der Waals surface area contributed by atoms with Crippen LogP contribution in [0.3, 0.4) is 0 Å². The summed E-state index contributed by atoms with van der Waals surface area (Å²) in [6.45, 7) is 0.206. The van der Waals surface area contributed by atoms with Crippen LogP contribution in [0, 0.1) is 11.8 Å². The average Bonchev–Trinajstić information content (AvgIpc) is 3.30. The van der Waals surface area contributed by atoms with E-state index >= 15 is 0 Å². The quantitative estimate of drug-likeness (QED) is 0.505. The molecule has 176 valence electrons. The molecule has 0 bridgehead atoms. The Balaban J connectivity index is 1.60. The molecule has 0 heterocycles. The molecule has 2 N–H and O–H groups in total. The van der Waals surface area contributed by atoms with Crippen molar-refractivity contribution in [1.82, 2.24) is 5.32 Å². The van der Waals surface area contributed by atoms with Gasteiger partial charge in [0.05, 0.1) is 13.0 Å². The van der Waals surface area contributed by atoms with Gasteiger partial charge in [-0.3, -0.25) is 9.59 Å². The first kappa shape index (κ1) is 24.9. The lowest BCUT2D eigenvalue weighted by molar-refractivity contribution is -0.146. The number of benzene rings is 2. The van der Waals surface area contributed by atoms with Crippen molar-refractivity contribution in [2.24, 2.45) is 11.8 Å². The number of amides is 1. The minimum Gasteiger partial charge on any atom is -0.489 e. The third kappa shape index (κ3) is 6.62. The van der Waals surface area contributed by atoms with Crippen LogP contribution in [0.1, 0.15) is 30.4 Å². The van der Waals surface area contributed by atoms with Crippen LogP contribution in [0.4, 0.5) is 0 Å². The molecule has 1 fully saturated rings. The zero-order valence-corrected chi connectivity index (χ0v) is 19.6. The lowest BCUT2D eigenvalue weighted by Gasteiger charge is -2.19. The maximum Gasteiger partial charge on any atom is 0.328 e. The summed E-state index contributed by atoms with van der Waals surface area (Å²) in [7, 11) is 1.26. The maximum atomic E-state index is 12.6. The fraction of sp³-hybridized carbons (Fsp3) is 0.375. The molecule has 33 heavy (non-hydrogen) atoms. The lowest BCUT2D eigenvalue weighted by atomic mass is 10.0. The molecule has 0 aliphatic heterocycles. The predicted octanol–water partition coefficient (Wildman–Crippen LogP) is 4.27. The Morgan fingerprint density at radius 1 is 1.06 bits per heavy atom. The predicted molar refractivity (Wildman–Crippen MR) is 123 cm³/mol. The first-order chi connectivity index (χ1) is 15.8. The topological polar surface area (TPSA) is 102 Å². The van der Waals surface area contributed by atoms with Crippen molar-refractivity contribution in [1.29, 1.82) is 0 Å². The number of carbonyl (C=O) groups excluding carboxylic acids is 2. The summed E-state index contributed by atoms with van der Waals surface area (Å²) in [6, 6.07) is 11.5. The largest absolute Gasteiger partial charge is 0.489 e. The van der Waals surface area contributed by atoms with Gasteiger partial charge < -0.3 is 19.9 Å². The van der Waals surface area contributed by atoms with Crippen LogP contribution in [0.15, 0.2) is 42.5 Å². The standard InChI is InChI=1S/C24H25Cl2NO6/c1-32-24(31)21(27-22(28)15-7-8-16(12-15)23(29)30)11-14-5-9-17(10-6-14)33-13-18-19(25)3-2-4-20(18)26/h2-6,9-10,15-16,21H,7-8,11-13H2,1H3,(H,27,28)(H,29,30). The first-order valence-electron chi connectivity index (χ1n) is 10.5. The lowest BCUT2D eigenvalue weighted by Crippen LogP contribution is -2.45. The number of aliphatic carboxylic acids is 1. The van der Waals surface area contributed by atoms with Gasteiger partial charge in [0.25, 0.3) is 0 Å². The molecule has 1 aliphatic carbocycles. The molecule has 0 spiro atoms. The normalized spacial score (nSPS) is 18.4. The monoisotopic (exact) mass is 493 g/mol. The Labute approximate surface area is 202 Å². The maximum absolute atomic E-state index is 12.6. The molecule has 1 saturated carbocycles. The summed E-state index contributed by atoms with van der Waals surface area (Å²) in [6.07, 6.45) is 1.44. The number of hydrogen-bond acceptors (Lipinski definition) is 5. The highest BCUT2D eigenvalue weighted by Gasteiger charge is 2.35. The minimum absolute atomic E-state index is 0.206. The van der Waals surface area contributed by atoms with E-state index < -0.39 is 29.8 Å². The molecule has 9 heteroatoms. The zero-order chi connectivity index (χ0) is 24.0. The number of carboxylic acid groups (broad SMARTS) is 1. The van der Waals surface area contributed by atoms with Crippen LogP contribution in [-0.4, -0.2) is 36.1 Å². The van der Waals surface area contributed by atoms with Crippen LogP contribution >= 0.6 is 23.2 Å². The van der Waals surface area contributed by atoms with E-state index in [4.69, 9.17) is 37.8 Å². The van der Waals surface area contributed by atoms with Gasteiger partial charge in [-0.1, -0.05) is 41.4 Å². The van der Waals surface area contributed by atoms with E-state index in [0.29, 0.717) is 34.2 Å². The Hall–Kier alpha value is -2.77. The van der Waals surface area contributed by atoms with Gasteiger partial charge in [0.2, 0.25) is 5.91 Å². The smallest absolute Gasteiger partial charge is 0.328 e. The molecule has 1 aliphatic rings. The molecule has 7 nitrogen and oxygen atoms in total. The molecule has 3 rings (SSSR count). The minimum atomic E-state index is -0.895. The van der Waals surface area contributed by atoms with Gasteiger partial charge in [-0.05, 0) is 49.1 Å². The average molecular weight is 494 g/mol. The number of esters is 1. The number of ether oxygens (including phenoxy) is 2. The molecular formula is C24H25Cl2NO6. The van der Waals surface area contributed by atoms with E-state index in [1.807, 2.05) is 0 Å². The number of methoxy groups -OCH3 is 1. The number of nitrogens with one attached hydrogen (secondary N) is 1. The first-order valence-corrected chi connectivity index (χ1v) is 11.3. The van der Waals surface area contributed by atoms with E-state index in [1.165, 1.54) is 7.11 Å². The summed E-state index contributed by atoms with van der Waals surface area (Å²) in [5.74, 6) is -2.14. The van der Waals surface area contributed by atoms with Crippen LogP contribution in [0.2, 0.25) is 10.0 Å². The van der Waals surface area contributed by atoms with E-state index in [1.54, 1.807) is 42.5 Å². The molecule has 3 unspecified atom stereocenters. The number of rotatable bonds is 9. The van der Waals surface area contributed by atoms with Crippen molar-refractivity contribution in [3.63, 3.8) is 0 Å². The van der Waals surface area contributed by atoms with Gasteiger partial charge in [0.15, 0.2) is 0 Å². The molecule has 1 amide bonds. The van der Waals surface area contributed by atoms with Gasteiger partial charge in [-0.15, -0.1) is 0 Å². The third-order valence-corrected chi connectivity index (χ3v) is 6.47.